The normalized spacial score (nSPS) is 10.8. The van der Waals surface area contributed by atoms with Gasteiger partial charge in [0.15, 0.2) is 23.1 Å². The third kappa shape index (κ3) is 5.18. The third-order valence-corrected chi connectivity index (χ3v) is 5.38. The van der Waals surface area contributed by atoms with Gasteiger partial charge in [0.1, 0.15) is 5.82 Å². The summed E-state index contributed by atoms with van der Waals surface area (Å²) < 4.78 is 18.3. The van der Waals surface area contributed by atoms with E-state index in [0.29, 0.717) is 47.0 Å². The van der Waals surface area contributed by atoms with E-state index in [4.69, 9.17) is 25.5 Å². The molecule has 0 radical (unpaired) electrons. The maximum Gasteiger partial charge on any atom is 0.226 e. The zero-order chi connectivity index (χ0) is 23.2. The number of benzene rings is 2. The number of methoxy groups -OCH3 is 2. The Morgan fingerprint density at radius 3 is 2.76 bits per heavy atom. The summed E-state index contributed by atoms with van der Waals surface area (Å²) in [5.74, 6) is 2.71. The molecule has 4 aromatic rings. The van der Waals surface area contributed by atoms with Crippen LogP contribution in [0.15, 0.2) is 65.3 Å². The number of anilines is 1. The molecule has 0 aliphatic heterocycles. The van der Waals surface area contributed by atoms with E-state index in [0.717, 1.165) is 11.1 Å². The van der Waals surface area contributed by atoms with Crippen molar-refractivity contribution in [3.8, 4) is 22.8 Å². The number of aromatic nitrogens is 3. The second-order valence-electron chi connectivity index (χ2n) is 7.17. The van der Waals surface area contributed by atoms with E-state index in [-0.39, 0.29) is 12.3 Å². The molecule has 0 aliphatic rings. The van der Waals surface area contributed by atoms with Crippen LogP contribution in [0.5, 0.6) is 11.5 Å². The number of hydrogen-bond donors (Lipinski definition) is 1. The lowest BCUT2D eigenvalue weighted by Crippen LogP contribution is -2.16. The summed E-state index contributed by atoms with van der Waals surface area (Å²) in [5.41, 5.74) is 1.64. The molecular weight excluding hydrogens is 444 g/mol. The standard InChI is InChI=1S/C24H23ClN4O4/c1-31-19-9-5-6-16(24(19)32-2)15-29-21(12-13-27-29)28-22(30)10-11-23-26-14-20(33-23)17-7-3-4-8-18(17)25/h3-9,12-14H,10-11,15H2,1-2H3,(H,28,30). The molecule has 1 amide bonds. The molecule has 8 nitrogen and oxygen atoms in total. The van der Waals surface area contributed by atoms with Crippen LogP contribution in [0.1, 0.15) is 17.9 Å². The number of halogens is 1. The number of ether oxygens (including phenoxy) is 2. The lowest BCUT2D eigenvalue weighted by molar-refractivity contribution is -0.116. The molecule has 0 unspecified atom stereocenters. The van der Waals surface area contributed by atoms with Crippen LogP contribution < -0.4 is 14.8 Å². The Kier molecular flexibility index (Phi) is 6.95. The quantitative estimate of drug-likeness (QED) is 0.380. The van der Waals surface area contributed by atoms with E-state index < -0.39 is 0 Å². The van der Waals surface area contributed by atoms with E-state index in [2.05, 4.69) is 15.4 Å². The molecule has 2 aromatic heterocycles. The average molecular weight is 467 g/mol. The van der Waals surface area contributed by atoms with Crippen LogP contribution in [0, 0.1) is 0 Å². The van der Waals surface area contributed by atoms with Gasteiger partial charge in [0.2, 0.25) is 5.91 Å². The second-order valence-corrected chi connectivity index (χ2v) is 7.58. The Morgan fingerprint density at radius 1 is 1.12 bits per heavy atom. The molecule has 4 rings (SSSR count). The molecule has 2 heterocycles. The third-order valence-electron chi connectivity index (χ3n) is 5.05. The fraction of sp³-hybridized carbons (Fsp3) is 0.208. The van der Waals surface area contributed by atoms with Crippen molar-refractivity contribution in [3.63, 3.8) is 0 Å². The van der Waals surface area contributed by atoms with E-state index in [1.54, 1.807) is 43.4 Å². The Bertz CT molecular complexity index is 1250. The highest BCUT2D eigenvalue weighted by Crippen LogP contribution is 2.31. The van der Waals surface area contributed by atoms with Crippen LogP contribution in [0.4, 0.5) is 5.82 Å². The van der Waals surface area contributed by atoms with Crippen molar-refractivity contribution in [3.05, 3.63) is 77.4 Å². The molecule has 33 heavy (non-hydrogen) atoms. The van der Waals surface area contributed by atoms with Gasteiger partial charge in [-0.3, -0.25) is 4.79 Å². The van der Waals surface area contributed by atoms with Gasteiger partial charge >= 0.3 is 0 Å². The summed E-state index contributed by atoms with van der Waals surface area (Å²) in [7, 11) is 3.18. The fourth-order valence-electron chi connectivity index (χ4n) is 3.44. The molecule has 9 heteroatoms. The number of aryl methyl sites for hydroxylation is 1. The van der Waals surface area contributed by atoms with Gasteiger partial charge in [-0.15, -0.1) is 0 Å². The molecule has 0 saturated heterocycles. The summed E-state index contributed by atoms with van der Waals surface area (Å²) in [6.07, 6.45) is 3.81. The van der Waals surface area contributed by atoms with Gasteiger partial charge in [-0.25, -0.2) is 9.67 Å². The number of carbonyl (C=O) groups excluding carboxylic acids is 1. The first-order valence-corrected chi connectivity index (χ1v) is 10.7. The molecule has 0 spiro atoms. The SMILES string of the molecule is COc1cccc(Cn2nccc2NC(=O)CCc2ncc(-c3ccccc3Cl)o2)c1OC. The van der Waals surface area contributed by atoms with Gasteiger partial charge < -0.3 is 19.2 Å². The van der Waals surface area contributed by atoms with Crippen LogP contribution in [0.25, 0.3) is 11.3 Å². The first kappa shape index (κ1) is 22.4. The first-order chi connectivity index (χ1) is 16.1. The Balaban J connectivity index is 1.38. The minimum absolute atomic E-state index is 0.174. The highest BCUT2D eigenvalue weighted by molar-refractivity contribution is 6.33. The monoisotopic (exact) mass is 466 g/mol. The lowest BCUT2D eigenvalue weighted by atomic mass is 10.2. The average Bonchev–Trinajstić information content (AvgIpc) is 3.47. The maximum atomic E-state index is 12.6. The Labute approximate surface area is 196 Å². The number of para-hydroxylation sites is 1. The number of nitrogens with one attached hydrogen (secondary N) is 1. The van der Waals surface area contributed by atoms with Crippen molar-refractivity contribution in [2.45, 2.75) is 19.4 Å². The molecule has 0 saturated carbocycles. The predicted molar refractivity (Wildman–Crippen MR) is 125 cm³/mol. The smallest absolute Gasteiger partial charge is 0.226 e. The Morgan fingerprint density at radius 2 is 1.97 bits per heavy atom. The van der Waals surface area contributed by atoms with Crippen molar-refractivity contribution in [2.24, 2.45) is 0 Å². The Hall–Kier alpha value is -3.78. The topological polar surface area (TPSA) is 91.4 Å². The first-order valence-electron chi connectivity index (χ1n) is 10.3. The summed E-state index contributed by atoms with van der Waals surface area (Å²) in [6.45, 7) is 0.407. The van der Waals surface area contributed by atoms with E-state index in [1.165, 1.54) is 0 Å². The van der Waals surface area contributed by atoms with Gasteiger partial charge in [0.05, 0.1) is 38.2 Å². The molecule has 0 bridgehead atoms. The van der Waals surface area contributed by atoms with Gasteiger partial charge in [-0.1, -0.05) is 35.9 Å². The largest absolute Gasteiger partial charge is 0.493 e. The summed E-state index contributed by atoms with van der Waals surface area (Å²) >= 11 is 6.21. The van der Waals surface area contributed by atoms with Gasteiger partial charge in [-0.05, 0) is 18.2 Å². The summed E-state index contributed by atoms with van der Waals surface area (Å²) in [6, 6.07) is 14.7. The summed E-state index contributed by atoms with van der Waals surface area (Å²) in [5, 5.41) is 7.80. The number of nitrogens with zero attached hydrogens (tertiary/aromatic N) is 3. The zero-order valence-corrected chi connectivity index (χ0v) is 19.0. The molecule has 0 atom stereocenters. The molecule has 2 aromatic carbocycles. The number of rotatable bonds is 9. The van der Waals surface area contributed by atoms with Crippen molar-refractivity contribution >= 4 is 23.3 Å². The maximum absolute atomic E-state index is 12.6. The minimum atomic E-state index is -0.174. The molecule has 1 N–H and O–H groups in total. The van der Waals surface area contributed by atoms with Gasteiger partial charge in [0, 0.05) is 30.0 Å². The van der Waals surface area contributed by atoms with Gasteiger partial charge in [0.25, 0.3) is 0 Å². The minimum Gasteiger partial charge on any atom is -0.493 e. The van der Waals surface area contributed by atoms with Crippen LogP contribution in [-0.4, -0.2) is 34.9 Å². The second kappa shape index (κ2) is 10.2. The number of oxazole rings is 1. The van der Waals surface area contributed by atoms with E-state index in [1.807, 2.05) is 36.4 Å². The van der Waals surface area contributed by atoms with Crippen molar-refractivity contribution in [1.82, 2.24) is 14.8 Å². The lowest BCUT2D eigenvalue weighted by Gasteiger charge is -2.14. The van der Waals surface area contributed by atoms with E-state index in [9.17, 15) is 4.79 Å². The highest BCUT2D eigenvalue weighted by atomic mass is 35.5. The van der Waals surface area contributed by atoms with Crippen molar-refractivity contribution < 1.29 is 18.7 Å². The number of amides is 1. The van der Waals surface area contributed by atoms with Crippen LogP contribution in [0.3, 0.4) is 0 Å². The van der Waals surface area contributed by atoms with Gasteiger partial charge in [-0.2, -0.15) is 5.10 Å². The molecule has 0 fully saturated rings. The number of carbonyl (C=O) groups is 1. The van der Waals surface area contributed by atoms with Crippen molar-refractivity contribution in [2.75, 3.05) is 19.5 Å². The van der Waals surface area contributed by atoms with Crippen LogP contribution in [0.2, 0.25) is 5.02 Å². The highest BCUT2D eigenvalue weighted by Gasteiger charge is 2.15. The molecular formula is C24H23ClN4O4. The van der Waals surface area contributed by atoms with E-state index >= 15 is 0 Å². The molecule has 0 aliphatic carbocycles. The number of hydrogen-bond acceptors (Lipinski definition) is 6. The molecule has 170 valence electrons. The fourth-order valence-corrected chi connectivity index (χ4v) is 3.67. The van der Waals surface area contributed by atoms with Crippen molar-refractivity contribution in [1.29, 1.82) is 0 Å². The van der Waals surface area contributed by atoms with Crippen LogP contribution in [-0.2, 0) is 17.8 Å². The summed E-state index contributed by atoms with van der Waals surface area (Å²) in [4.78, 5) is 16.8. The predicted octanol–water partition coefficient (Wildman–Crippen LogP) is 4.83. The zero-order valence-electron chi connectivity index (χ0n) is 18.2. The van der Waals surface area contributed by atoms with Crippen LogP contribution >= 0.6 is 11.6 Å².